The van der Waals surface area contributed by atoms with E-state index in [1.807, 2.05) is 18.2 Å². The van der Waals surface area contributed by atoms with Crippen LogP contribution in [0.25, 0.3) is 0 Å². The molecule has 5 heteroatoms. The van der Waals surface area contributed by atoms with Gasteiger partial charge in [0.25, 0.3) is 0 Å². The lowest BCUT2D eigenvalue weighted by atomic mass is 10.1. The van der Waals surface area contributed by atoms with Gasteiger partial charge in [-0.25, -0.2) is 4.39 Å². The van der Waals surface area contributed by atoms with Crippen molar-refractivity contribution in [2.24, 2.45) is 0 Å². The summed E-state index contributed by atoms with van der Waals surface area (Å²) in [5.41, 5.74) is 1.97. The van der Waals surface area contributed by atoms with Gasteiger partial charge in [0.2, 0.25) is 0 Å². The molecular formula is C22H31FN2O2. The molecular weight excluding hydrogens is 343 g/mol. The van der Waals surface area contributed by atoms with Gasteiger partial charge in [0.05, 0.1) is 7.11 Å². The lowest BCUT2D eigenvalue weighted by molar-refractivity contribution is 0.280. The number of hydrogen-bond acceptors (Lipinski definition) is 4. The number of nitrogens with zero attached hydrogens (tertiary/aromatic N) is 1. The Kier molecular flexibility index (Phi) is 9.08. The SMILES string of the molecule is CCN(CC)CCCNCc1cccc(OC)c1OCc1ccc(F)cc1. The average Bonchev–Trinajstić information content (AvgIpc) is 2.70. The molecule has 0 saturated carbocycles. The standard InChI is InChI=1S/C22H31FN2O2/c1-4-25(5-2)15-7-14-24-16-19-8-6-9-21(26-3)22(19)27-17-18-10-12-20(23)13-11-18/h6,8-13,24H,4-5,7,14-17H2,1-3H3. The summed E-state index contributed by atoms with van der Waals surface area (Å²) in [6.07, 6.45) is 1.11. The van der Waals surface area contributed by atoms with E-state index in [1.165, 1.54) is 12.1 Å². The van der Waals surface area contributed by atoms with E-state index in [9.17, 15) is 4.39 Å². The minimum absolute atomic E-state index is 0.245. The lowest BCUT2D eigenvalue weighted by Crippen LogP contribution is -2.27. The summed E-state index contributed by atoms with van der Waals surface area (Å²) < 4.78 is 24.5. The molecule has 1 N–H and O–H groups in total. The second-order valence-electron chi connectivity index (χ2n) is 6.42. The number of ether oxygens (including phenoxy) is 2. The van der Waals surface area contributed by atoms with Crippen LogP contribution in [0.4, 0.5) is 4.39 Å². The van der Waals surface area contributed by atoms with Gasteiger partial charge < -0.3 is 19.7 Å². The number of halogens is 1. The van der Waals surface area contributed by atoms with Crippen molar-refractivity contribution in [1.29, 1.82) is 0 Å². The summed E-state index contributed by atoms with van der Waals surface area (Å²) in [7, 11) is 1.64. The van der Waals surface area contributed by atoms with Crippen LogP contribution < -0.4 is 14.8 Å². The van der Waals surface area contributed by atoms with Crippen molar-refractivity contribution < 1.29 is 13.9 Å². The van der Waals surface area contributed by atoms with Crippen molar-refractivity contribution >= 4 is 0 Å². The third-order valence-electron chi connectivity index (χ3n) is 4.61. The molecule has 0 aliphatic carbocycles. The molecule has 0 aliphatic heterocycles. The largest absolute Gasteiger partial charge is 0.493 e. The smallest absolute Gasteiger partial charge is 0.166 e. The molecule has 0 amide bonds. The molecule has 0 heterocycles. The fraction of sp³-hybridized carbons (Fsp3) is 0.455. The first kappa shape index (κ1) is 21.2. The molecule has 0 spiro atoms. The molecule has 0 aliphatic rings. The van der Waals surface area contributed by atoms with Crippen LogP contribution in [0.2, 0.25) is 0 Å². The van der Waals surface area contributed by atoms with E-state index < -0.39 is 0 Å². The molecule has 2 aromatic carbocycles. The van der Waals surface area contributed by atoms with Gasteiger partial charge in [-0.1, -0.05) is 38.1 Å². The molecule has 0 fully saturated rings. The van der Waals surface area contributed by atoms with E-state index in [2.05, 4.69) is 24.1 Å². The zero-order valence-electron chi connectivity index (χ0n) is 16.6. The molecule has 2 rings (SSSR count). The van der Waals surface area contributed by atoms with Crippen molar-refractivity contribution in [1.82, 2.24) is 10.2 Å². The van der Waals surface area contributed by atoms with E-state index in [1.54, 1.807) is 19.2 Å². The minimum Gasteiger partial charge on any atom is -0.493 e. The zero-order chi connectivity index (χ0) is 19.5. The summed E-state index contributed by atoms with van der Waals surface area (Å²) >= 11 is 0. The fourth-order valence-corrected chi connectivity index (χ4v) is 2.95. The third-order valence-corrected chi connectivity index (χ3v) is 4.61. The number of benzene rings is 2. The minimum atomic E-state index is -0.245. The van der Waals surface area contributed by atoms with Crippen LogP contribution in [-0.4, -0.2) is 38.2 Å². The summed E-state index contributed by atoms with van der Waals surface area (Å²) in [6.45, 7) is 9.71. The van der Waals surface area contributed by atoms with Gasteiger partial charge in [-0.3, -0.25) is 0 Å². The van der Waals surface area contributed by atoms with Crippen LogP contribution in [0.15, 0.2) is 42.5 Å². The monoisotopic (exact) mass is 374 g/mol. The summed E-state index contributed by atoms with van der Waals surface area (Å²) in [6, 6.07) is 12.3. The molecule has 0 atom stereocenters. The Morgan fingerprint density at radius 1 is 1.04 bits per heavy atom. The van der Waals surface area contributed by atoms with Crippen molar-refractivity contribution in [3.05, 3.63) is 59.4 Å². The first-order valence-electron chi connectivity index (χ1n) is 9.64. The van der Waals surface area contributed by atoms with Crippen LogP contribution in [-0.2, 0) is 13.2 Å². The van der Waals surface area contributed by atoms with Gasteiger partial charge in [-0.05, 0) is 56.4 Å². The Bertz CT molecular complexity index is 673. The highest BCUT2D eigenvalue weighted by molar-refractivity contribution is 5.46. The van der Waals surface area contributed by atoms with Gasteiger partial charge in [0, 0.05) is 12.1 Å². The Morgan fingerprint density at radius 2 is 1.78 bits per heavy atom. The van der Waals surface area contributed by atoms with E-state index in [0.29, 0.717) is 18.9 Å². The zero-order valence-corrected chi connectivity index (χ0v) is 16.6. The summed E-state index contributed by atoms with van der Waals surface area (Å²) in [5, 5.41) is 3.49. The lowest BCUT2D eigenvalue weighted by Gasteiger charge is -2.18. The average molecular weight is 375 g/mol. The van der Waals surface area contributed by atoms with Gasteiger partial charge >= 0.3 is 0 Å². The van der Waals surface area contributed by atoms with Gasteiger partial charge in [-0.2, -0.15) is 0 Å². The topological polar surface area (TPSA) is 33.7 Å². The van der Waals surface area contributed by atoms with Crippen molar-refractivity contribution in [2.45, 2.75) is 33.4 Å². The van der Waals surface area contributed by atoms with Crippen LogP contribution in [0.1, 0.15) is 31.4 Å². The van der Waals surface area contributed by atoms with Gasteiger partial charge in [0.15, 0.2) is 11.5 Å². The van der Waals surface area contributed by atoms with Crippen molar-refractivity contribution in [2.75, 3.05) is 33.3 Å². The van der Waals surface area contributed by atoms with E-state index in [4.69, 9.17) is 9.47 Å². The van der Waals surface area contributed by atoms with E-state index in [-0.39, 0.29) is 5.82 Å². The molecule has 0 bridgehead atoms. The second kappa shape index (κ2) is 11.6. The molecule has 27 heavy (non-hydrogen) atoms. The second-order valence-corrected chi connectivity index (χ2v) is 6.42. The maximum Gasteiger partial charge on any atom is 0.166 e. The number of nitrogens with one attached hydrogen (secondary N) is 1. The molecule has 0 radical (unpaired) electrons. The maximum atomic E-state index is 13.1. The normalized spacial score (nSPS) is 11.0. The molecule has 4 nitrogen and oxygen atoms in total. The predicted molar refractivity (Wildman–Crippen MR) is 108 cm³/mol. The van der Waals surface area contributed by atoms with Crippen molar-refractivity contribution in [3.63, 3.8) is 0 Å². The Balaban J connectivity index is 1.92. The Labute approximate surface area is 162 Å². The molecule has 0 aromatic heterocycles. The Morgan fingerprint density at radius 3 is 2.44 bits per heavy atom. The van der Waals surface area contributed by atoms with E-state index in [0.717, 1.165) is 49.5 Å². The van der Waals surface area contributed by atoms with Gasteiger partial charge in [0.1, 0.15) is 12.4 Å². The summed E-state index contributed by atoms with van der Waals surface area (Å²) in [5.74, 6) is 1.20. The third kappa shape index (κ3) is 6.85. The molecule has 2 aromatic rings. The predicted octanol–water partition coefficient (Wildman–Crippen LogP) is 4.23. The first-order valence-corrected chi connectivity index (χ1v) is 9.64. The highest BCUT2D eigenvalue weighted by Crippen LogP contribution is 2.31. The van der Waals surface area contributed by atoms with Crippen LogP contribution in [0.3, 0.4) is 0 Å². The number of para-hydroxylation sites is 1. The number of rotatable bonds is 12. The maximum absolute atomic E-state index is 13.1. The number of methoxy groups -OCH3 is 1. The quantitative estimate of drug-likeness (QED) is 0.564. The fourth-order valence-electron chi connectivity index (χ4n) is 2.95. The van der Waals surface area contributed by atoms with Crippen LogP contribution in [0, 0.1) is 5.82 Å². The van der Waals surface area contributed by atoms with Crippen molar-refractivity contribution in [3.8, 4) is 11.5 Å². The highest BCUT2D eigenvalue weighted by Gasteiger charge is 2.11. The first-order chi connectivity index (χ1) is 13.2. The van der Waals surface area contributed by atoms with Crippen LogP contribution in [0.5, 0.6) is 11.5 Å². The highest BCUT2D eigenvalue weighted by atomic mass is 19.1. The molecule has 0 unspecified atom stereocenters. The van der Waals surface area contributed by atoms with Gasteiger partial charge in [-0.15, -0.1) is 0 Å². The Hall–Kier alpha value is -2.11. The van der Waals surface area contributed by atoms with E-state index >= 15 is 0 Å². The summed E-state index contributed by atoms with van der Waals surface area (Å²) in [4.78, 5) is 2.42. The van der Waals surface area contributed by atoms with Crippen LogP contribution >= 0.6 is 0 Å². The number of hydrogen-bond donors (Lipinski definition) is 1. The molecule has 0 saturated heterocycles. The molecule has 148 valence electrons.